The van der Waals surface area contributed by atoms with Crippen LogP contribution in [-0.2, 0) is 0 Å². The molecule has 0 aliphatic heterocycles. The van der Waals surface area contributed by atoms with Gasteiger partial charge >= 0.3 is 0 Å². The van der Waals surface area contributed by atoms with Gasteiger partial charge in [0.2, 0.25) is 0 Å². The van der Waals surface area contributed by atoms with Gasteiger partial charge in [-0.3, -0.25) is 0 Å². The van der Waals surface area contributed by atoms with E-state index in [4.69, 9.17) is 0 Å². The molecule has 0 bridgehead atoms. The van der Waals surface area contributed by atoms with Crippen molar-refractivity contribution in [3.05, 3.63) is 36.0 Å². The minimum Gasteiger partial charge on any atom is -0.389 e. The molecule has 1 nitrogen and oxygen atoms in total. The number of aliphatic hydroxyl groups excluding tert-OH is 1. The van der Waals surface area contributed by atoms with E-state index in [0.29, 0.717) is 5.41 Å². The summed E-state index contributed by atoms with van der Waals surface area (Å²) in [7, 11) is 0. The van der Waals surface area contributed by atoms with E-state index in [0.717, 1.165) is 36.0 Å². The number of aliphatic hydroxyl groups is 1. The molecule has 2 saturated carbocycles. The number of rotatable bonds is 1. The summed E-state index contributed by atoms with van der Waals surface area (Å²) in [5, 5.41) is 10.0. The molecule has 0 aromatic rings. The van der Waals surface area contributed by atoms with Gasteiger partial charge in [-0.05, 0) is 79.1 Å². The Morgan fingerprint density at radius 1 is 1.32 bits per heavy atom. The Hall–Kier alpha value is -0.820. The van der Waals surface area contributed by atoms with Crippen LogP contribution < -0.4 is 0 Å². The van der Waals surface area contributed by atoms with E-state index in [1.54, 1.807) is 5.57 Å². The second kappa shape index (κ2) is 5.09. The van der Waals surface area contributed by atoms with Crippen molar-refractivity contribution < 1.29 is 5.11 Å². The van der Waals surface area contributed by atoms with E-state index in [-0.39, 0.29) is 6.10 Å². The summed E-state index contributed by atoms with van der Waals surface area (Å²) in [6.45, 7) is 9.03. The Kier molecular flexibility index (Phi) is 3.41. The SMILES string of the molecule is C=CC1=CCC2C3CCC4=CC(O)CC[C@]4(C)C3C[C@@H](C)C12. The zero-order valence-corrected chi connectivity index (χ0v) is 14.1. The zero-order valence-electron chi connectivity index (χ0n) is 14.1. The third-order valence-electron chi connectivity index (χ3n) is 7.67. The monoisotopic (exact) mass is 298 g/mol. The van der Waals surface area contributed by atoms with Crippen molar-refractivity contribution >= 4 is 0 Å². The van der Waals surface area contributed by atoms with Crippen molar-refractivity contribution in [3.8, 4) is 0 Å². The van der Waals surface area contributed by atoms with Gasteiger partial charge in [0.25, 0.3) is 0 Å². The molecular weight excluding hydrogens is 268 g/mol. The van der Waals surface area contributed by atoms with E-state index >= 15 is 0 Å². The molecule has 4 aliphatic carbocycles. The van der Waals surface area contributed by atoms with Crippen LogP contribution >= 0.6 is 0 Å². The zero-order chi connectivity index (χ0) is 15.5. The minimum atomic E-state index is -0.186. The quantitative estimate of drug-likeness (QED) is 0.683. The van der Waals surface area contributed by atoms with Gasteiger partial charge in [0, 0.05) is 0 Å². The van der Waals surface area contributed by atoms with Gasteiger partial charge < -0.3 is 5.11 Å². The van der Waals surface area contributed by atoms with Gasteiger partial charge in [-0.2, -0.15) is 0 Å². The van der Waals surface area contributed by atoms with Crippen molar-refractivity contribution in [1.29, 1.82) is 0 Å². The third kappa shape index (κ3) is 1.94. The summed E-state index contributed by atoms with van der Waals surface area (Å²) in [6.07, 6.45) is 14.0. The van der Waals surface area contributed by atoms with E-state index in [1.807, 2.05) is 0 Å². The first-order chi connectivity index (χ1) is 10.5. The summed E-state index contributed by atoms with van der Waals surface area (Å²) in [5.41, 5.74) is 3.47. The summed E-state index contributed by atoms with van der Waals surface area (Å²) in [4.78, 5) is 0. The fraction of sp³-hybridized carbons (Fsp3) is 0.714. The van der Waals surface area contributed by atoms with Crippen molar-refractivity contribution in [3.63, 3.8) is 0 Å². The molecular formula is C21H30O. The molecule has 0 amide bonds. The average molecular weight is 298 g/mol. The number of hydrogen-bond donors (Lipinski definition) is 1. The van der Waals surface area contributed by atoms with Crippen molar-refractivity contribution in [2.75, 3.05) is 0 Å². The van der Waals surface area contributed by atoms with Gasteiger partial charge in [-0.25, -0.2) is 0 Å². The number of fused-ring (bicyclic) bond motifs is 5. The molecule has 22 heavy (non-hydrogen) atoms. The Morgan fingerprint density at radius 2 is 2.14 bits per heavy atom. The highest BCUT2D eigenvalue weighted by Crippen LogP contribution is 2.63. The molecule has 4 rings (SSSR count). The van der Waals surface area contributed by atoms with Crippen LogP contribution in [0.15, 0.2) is 36.0 Å². The molecule has 0 aromatic carbocycles. The van der Waals surface area contributed by atoms with Crippen LogP contribution in [0.25, 0.3) is 0 Å². The Labute approximate surface area is 135 Å². The van der Waals surface area contributed by atoms with Gasteiger partial charge in [0.1, 0.15) is 0 Å². The Morgan fingerprint density at radius 3 is 2.91 bits per heavy atom. The second-order valence-electron chi connectivity index (χ2n) is 8.57. The van der Waals surface area contributed by atoms with Gasteiger partial charge in [-0.1, -0.05) is 44.2 Å². The van der Waals surface area contributed by atoms with Crippen LogP contribution in [0.5, 0.6) is 0 Å². The van der Waals surface area contributed by atoms with Crippen molar-refractivity contribution in [1.82, 2.24) is 0 Å². The molecule has 0 spiro atoms. The van der Waals surface area contributed by atoms with Crippen molar-refractivity contribution in [2.45, 2.75) is 58.5 Å². The van der Waals surface area contributed by atoms with E-state index < -0.39 is 0 Å². The highest BCUT2D eigenvalue weighted by Gasteiger charge is 2.54. The maximum Gasteiger partial charge on any atom is 0.0724 e. The van der Waals surface area contributed by atoms with Gasteiger partial charge in [0.05, 0.1) is 6.10 Å². The summed E-state index contributed by atoms with van der Waals surface area (Å²) < 4.78 is 0. The molecule has 1 heteroatoms. The average Bonchev–Trinajstić information content (AvgIpc) is 2.94. The molecule has 0 radical (unpaired) electrons. The lowest BCUT2D eigenvalue weighted by atomic mass is 9.48. The van der Waals surface area contributed by atoms with Crippen LogP contribution in [0.3, 0.4) is 0 Å². The highest BCUT2D eigenvalue weighted by atomic mass is 16.3. The summed E-state index contributed by atoms with van der Waals surface area (Å²) >= 11 is 0. The standard InChI is InChI=1S/C21H30O/c1-4-14-5-7-18-17-8-6-15-12-16(22)9-10-21(15,3)19(17)11-13(2)20(14)18/h4-5,12-13,16-20,22H,1,6-11H2,2-3H3/t13-,16?,17?,18?,19?,20?,21+/m1/s1. The molecule has 2 fully saturated rings. The lowest BCUT2D eigenvalue weighted by molar-refractivity contribution is -0.0265. The molecule has 0 heterocycles. The first-order valence-electron chi connectivity index (χ1n) is 9.26. The van der Waals surface area contributed by atoms with Gasteiger partial charge in [0.15, 0.2) is 0 Å². The van der Waals surface area contributed by atoms with Crippen molar-refractivity contribution in [2.24, 2.45) is 35.0 Å². The number of hydrogen-bond acceptors (Lipinski definition) is 1. The predicted molar refractivity (Wildman–Crippen MR) is 91.3 cm³/mol. The molecule has 120 valence electrons. The smallest absolute Gasteiger partial charge is 0.0724 e. The lowest BCUT2D eigenvalue weighted by Crippen LogP contribution is -2.49. The van der Waals surface area contributed by atoms with Crippen LogP contribution in [-0.4, -0.2) is 11.2 Å². The summed E-state index contributed by atoms with van der Waals surface area (Å²) in [6, 6.07) is 0. The van der Waals surface area contributed by atoms with E-state index in [2.05, 4.69) is 38.7 Å². The highest BCUT2D eigenvalue weighted by molar-refractivity contribution is 5.31. The van der Waals surface area contributed by atoms with Crippen LogP contribution in [0, 0.1) is 35.0 Å². The minimum absolute atomic E-state index is 0.186. The fourth-order valence-electron chi connectivity index (χ4n) is 6.61. The normalized spacial score (nSPS) is 50.3. The molecule has 0 saturated heterocycles. The van der Waals surface area contributed by atoms with E-state index in [9.17, 15) is 5.11 Å². The van der Waals surface area contributed by atoms with Gasteiger partial charge in [-0.15, -0.1) is 0 Å². The molecule has 7 atom stereocenters. The molecule has 1 N–H and O–H groups in total. The Bertz CT molecular complexity index is 542. The first kappa shape index (κ1) is 14.8. The fourth-order valence-corrected chi connectivity index (χ4v) is 6.61. The second-order valence-corrected chi connectivity index (χ2v) is 8.57. The largest absolute Gasteiger partial charge is 0.389 e. The Balaban J connectivity index is 1.67. The first-order valence-corrected chi connectivity index (χ1v) is 9.26. The lowest BCUT2D eigenvalue weighted by Gasteiger charge is -2.57. The molecule has 4 aliphatic rings. The van der Waals surface area contributed by atoms with Crippen LogP contribution in [0.1, 0.15) is 52.4 Å². The third-order valence-corrected chi connectivity index (χ3v) is 7.67. The maximum absolute atomic E-state index is 10.0. The number of allylic oxidation sites excluding steroid dienone is 4. The van der Waals surface area contributed by atoms with Crippen LogP contribution in [0.2, 0.25) is 0 Å². The van der Waals surface area contributed by atoms with Crippen LogP contribution in [0.4, 0.5) is 0 Å². The summed E-state index contributed by atoms with van der Waals surface area (Å²) in [5.74, 6) is 4.11. The van der Waals surface area contributed by atoms with E-state index in [1.165, 1.54) is 37.7 Å². The molecule has 0 aromatic heterocycles. The molecule has 5 unspecified atom stereocenters. The maximum atomic E-state index is 10.0. The topological polar surface area (TPSA) is 20.2 Å². The predicted octanol–water partition coefficient (Wildman–Crippen LogP) is 4.89.